The average molecular weight is 305 g/mol. The monoisotopic (exact) mass is 304 g/mol. The first-order valence-corrected chi connectivity index (χ1v) is 13.0. The van der Waals surface area contributed by atoms with Gasteiger partial charge in [0.15, 0.2) is 0 Å². The van der Waals surface area contributed by atoms with E-state index in [-0.39, 0.29) is 0 Å². The molecule has 0 nitrogen and oxygen atoms in total. The highest BCUT2D eigenvalue weighted by Crippen LogP contribution is 2.19. The van der Waals surface area contributed by atoms with E-state index >= 15 is 0 Å². The fraction of sp³-hybridized carbons (Fsp3) is 1.00. The lowest BCUT2D eigenvalue weighted by Crippen LogP contribution is -2.14. The van der Waals surface area contributed by atoms with E-state index in [1.165, 1.54) is 89.5 Å². The largest absolute Gasteiger partial charge is 0.168 e. The van der Waals surface area contributed by atoms with Crippen molar-refractivity contribution < 1.29 is 0 Å². The van der Waals surface area contributed by atoms with Gasteiger partial charge in [0.2, 0.25) is 0 Å². The number of hydrogen-bond donors (Lipinski definition) is 0. The summed E-state index contributed by atoms with van der Waals surface area (Å²) in [6.07, 6.45) is 18.7. The quantitative estimate of drug-likeness (QED) is 0.177. The maximum absolute atomic E-state index is 6.31. The summed E-state index contributed by atoms with van der Waals surface area (Å²) in [5.41, 5.74) is 0. The van der Waals surface area contributed by atoms with Crippen LogP contribution in [0.2, 0.25) is 19.1 Å². The molecule has 0 saturated carbocycles. The fourth-order valence-corrected chi connectivity index (χ4v) is 4.05. The summed E-state index contributed by atoms with van der Waals surface area (Å²) in [4.78, 5) is 0. The Bertz CT molecular complexity index is 175. The Kier molecular flexibility index (Phi) is 13.8. The summed E-state index contributed by atoms with van der Waals surface area (Å²) in [6.45, 7) is 6.81. The van der Waals surface area contributed by atoms with E-state index in [2.05, 4.69) is 20.0 Å². The van der Waals surface area contributed by atoms with Crippen LogP contribution in [-0.2, 0) is 0 Å². The molecule has 0 atom stereocenters. The Balaban J connectivity index is 2.99. The van der Waals surface area contributed by atoms with Crippen molar-refractivity contribution >= 4 is 18.5 Å². The normalized spacial score (nSPS) is 12.0. The van der Waals surface area contributed by atoms with Crippen molar-refractivity contribution in [2.24, 2.45) is 0 Å². The van der Waals surface area contributed by atoms with Crippen molar-refractivity contribution in [2.45, 2.75) is 110 Å². The highest BCUT2D eigenvalue weighted by atomic mass is 35.6. The van der Waals surface area contributed by atoms with Crippen LogP contribution < -0.4 is 0 Å². The minimum atomic E-state index is -1.29. The first-order valence-electron chi connectivity index (χ1n) is 8.75. The van der Waals surface area contributed by atoms with Gasteiger partial charge in [-0.25, -0.2) is 0 Å². The third-order valence-electron chi connectivity index (χ3n) is 3.87. The standard InChI is InChI=1S/C17H37ClSi/c1-4-5-6-7-8-9-10-11-12-13-14-15-16-17-19(2,3)18/h4-17H2,1-3H3. The van der Waals surface area contributed by atoms with Crippen molar-refractivity contribution in [2.75, 3.05) is 0 Å². The predicted molar refractivity (Wildman–Crippen MR) is 93.8 cm³/mol. The zero-order valence-corrected chi connectivity index (χ0v) is 15.5. The van der Waals surface area contributed by atoms with Gasteiger partial charge in [-0.15, -0.1) is 0 Å². The Hall–Kier alpha value is 0.507. The fourth-order valence-electron chi connectivity index (χ4n) is 2.56. The Morgan fingerprint density at radius 3 is 1.21 bits per heavy atom. The minimum Gasteiger partial charge on any atom is -0.168 e. The molecule has 0 N–H and O–H groups in total. The molecule has 0 amide bonds. The Morgan fingerprint density at radius 2 is 0.895 bits per heavy atom. The number of hydrogen-bond acceptors (Lipinski definition) is 0. The molecule has 0 rings (SSSR count). The maximum atomic E-state index is 6.31. The van der Waals surface area contributed by atoms with E-state index in [9.17, 15) is 0 Å². The summed E-state index contributed by atoms with van der Waals surface area (Å²) in [5.74, 6) is 0. The van der Waals surface area contributed by atoms with Crippen molar-refractivity contribution in [3.63, 3.8) is 0 Å². The van der Waals surface area contributed by atoms with Crippen LogP contribution in [0.15, 0.2) is 0 Å². The smallest absolute Gasteiger partial charge is 0.150 e. The number of halogens is 1. The van der Waals surface area contributed by atoms with Gasteiger partial charge in [0.1, 0.15) is 7.38 Å². The van der Waals surface area contributed by atoms with E-state index in [1.807, 2.05) is 0 Å². The molecule has 0 heterocycles. The number of rotatable bonds is 14. The van der Waals surface area contributed by atoms with Crippen LogP contribution in [0.1, 0.15) is 90.4 Å². The minimum absolute atomic E-state index is 1.29. The van der Waals surface area contributed by atoms with Crippen LogP contribution in [0.5, 0.6) is 0 Å². The molecule has 0 aliphatic heterocycles. The zero-order valence-electron chi connectivity index (χ0n) is 13.8. The van der Waals surface area contributed by atoms with Crippen molar-refractivity contribution in [1.29, 1.82) is 0 Å². The van der Waals surface area contributed by atoms with E-state index < -0.39 is 7.38 Å². The van der Waals surface area contributed by atoms with E-state index in [0.717, 1.165) is 0 Å². The second kappa shape index (κ2) is 13.5. The molecule has 0 fully saturated rings. The Labute approximate surface area is 128 Å². The van der Waals surface area contributed by atoms with Gasteiger partial charge in [-0.1, -0.05) is 103 Å². The van der Waals surface area contributed by atoms with Gasteiger partial charge < -0.3 is 0 Å². The average Bonchev–Trinajstić information content (AvgIpc) is 2.34. The SMILES string of the molecule is CCCCCCCCCCCCCCC[Si](C)(C)Cl. The van der Waals surface area contributed by atoms with E-state index in [1.54, 1.807) is 0 Å². The van der Waals surface area contributed by atoms with Gasteiger partial charge >= 0.3 is 0 Å². The lowest BCUT2D eigenvalue weighted by Gasteiger charge is -2.11. The molecule has 0 aromatic carbocycles. The highest BCUT2D eigenvalue weighted by molar-refractivity contribution is 7.19. The second-order valence-corrected chi connectivity index (χ2v) is 13.7. The van der Waals surface area contributed by atoms with Crippen LogP contribution >= 0.6 is 11.1 Å². The highest BCUT2D eigenvalue weighted by Gasteiger charge is 2.15. The second-order valence-electron chi connectivity index (χ2n) is 6.71. The molecular formula is C17H37ClSi. The van der Waals surface area contributed by atoms with Gasteiger partial charge in [0, 0.05) is 0 Å². The van der Waals surface area contributed by atoms with Gasteiger partial charge in [0.05, 0.1) is 0 Å². The molecule has 0 aliphatic rings. The molecule has 0 aromatic heterocycles. The molecule has 0 bridgehead atoms. The molecular weight excluding hydrogens is 268 g/mol. The van der Waals surface area contributed by atoms with Gasteiger partial charge in [-0.2, -0.15) is 11.1 Å². The molecule has 0 aliphatic carbocycles. The van der Waals surface area contributed by atoms with Crippen LogP contribution in [0.3, 0.4) is 0 Å². The van der Waals surface area contributed by atoms with Crippen molar-refractivity contribution in [3.05, 3.63) is 0 Å². The van der Waals surface area contributed by atoms with Crippen LogP contribution in [0, 0.1) is 0 Å². The first-order chi connectivity index (χ1) is 9.06. The van der Waals surface area contributed by atoms with Crippen molar-refractivity contribution in [1.82, 2.24) is 0 Å². The zero-order chi connectivity index (χ0) is 14.4. The summed E-state index contributed by atoms with van der Waals surface area (Å²) in [5, 5.41) is 0. The van der Waals surface area contributed by atoms with Gasteiger partial charge in [-0.05, 0) is 6.04 Å². The van der Waals surface area contributed by atoms with E-state index in [0.29, 0.717) is 0 Å². The van der Waals surface area contributed by atoms with Crippen LogP contribution in [0.25, 0.3) is 0 Å². The van der Waals surface area contributed by atoms with Crippen LogP contribution in [-0.4, -0.2) is 7.38 Å². The Morgan fingerprint density at radius 1 is 0.579 bits per heavy atom. The topological polar surface area (TPSA) is 0 Å². The molecule has 0 aromatic rings. The molecule has 116 valence electrons. The first kappa shape index (κ1) is 19.5. The van der Waals surface area contributed by atoms with Crippen LogP contribution in [0.4, 0.5) is 0 Å². The molecule has 2 heteroatoms. The van der Waals surface area contributed by atoms with E-state index in [4.69, 9.17) is 11.1 Å². The molecule has 0 saturated heterocycles. The van der Waals surface area contributed by atoms with Gasteiger partial charge in [0.25, 0.3) is 0 Å². The van der Waals surface area contributed by atoms with Gasteiger partial charge in [-0.3, -0.25) is 0 Å². The third-order valence-corrected chi connectivity index (χ3v) is 5.98. The third kappa shape index (κ3) is 18.5. The maximum Gasteiger partial charge on any atom is 0.150 e. The summed E-state index contributed by atoms with van der Waals surface area (Å²) in [6, 6.07) is 1.30. The lowest BCUT2D eigenvalue weighted by molar-refractivity contribution is 0.542. The molecule has 0 radical (unpaired) electrons. The molecule has 0 spiro atoms. The lowest BCUT2D eigenvalue weighted by atomic mass is 10.1. The molecule has 19 heavy (non-hydrogen) atoms. The number of unbranched alkanes of at least 4 members (excludes halogenated alkanes) is 12. The summed E-state index contributed by atoms with van der Waals surface area (Å²) >= 11 is 6.31. The summed E-state index contributed by atoms with van der Waals surface area (Å²) in [7, 11) is -1.29. The predicted octanol–water partition coefficient (Wildman–Crippen LogP) is 7.52. The summed E-state index contributed by atoms with van der Waals surface area (Å²) < 4.78 is 0. The molecule has 0 unspecified atom stereocenters. The van der Waals surface area contributed by atoms with Crippen molar-refractivity contribution in [3.8, 4) is 0 Å².